The van der Waals surface area contributed by atoms with E-state index in [1.54, 1.807) is 17.0 Å². The number of carbonyl (C=O) groups is 2. The van der Waals surface area contributed by atoms with E-state index in [1.807, 2.05) is 24.3 Å². The maximum Gasteiger partial charge on any atom is 0.224 e. The lowest BCUT2D eigenvalue weighted by Gasteiger charge is -2.32. The highest BCUT2D eigenvalue weighted by atomic mass is 35.5. The number of nitrogens with one attached hydrogen (secondary N) is 1. The number of likely N-dealkylation sites (tertiary alicyclic amines) is 1. The lowest BCUT2D eigenvalue weighted by molar-refractivity contribution is -0.138. The van der Waals surface area contributed by atoms with Crippen molar-refractivity contribution >= 4 is 23.4 Å². The van der Waals surface area contributed by atoms with Gasteiger partial charge in [-0.05, 0) is 48.2 Å². The van der Waals surface area contributed by atoms with Gasteiger partial charge in [0.2, 0.25) is 11.8 Å². The van der Waals surface area contributed by atoms with Crippen molar-refractivity contribution in [3.8, 4) is 0 Å². The fourth-order valence-electron chi connectivity index (χ4n) is 3.30. The predicted molar refractivity (Wildman–Crippen MR) is 103 cm³/mol. The van der Waals surface area contributed by atoms with Gasteiger partial charge in [0, 0.05) is 31.1 Å². The van der Waals surface area contributed by atoms with Gasteiger partial charge in [-0.1, -0.05) is 35.9 Å². The van der Waals surface area contributed by atoms with Gasteiger partial charge in [0.05, 0.1) is 5.92 Å². The van der Waals surface area contributed by atoms with Crippen molar-refractivity contribution in [2.24, 2.45) is 5.92 Å². The van der Waals surface area contributed by atoms with Crippen molar-refractivity contribution in [2.75, 3.05) is 13.1 Å². The smallest absolute Gasteiger partial charge is 0.224 e. The first-order valence-corrected chi connectivity index (χ1v) is 9.43. The molecule has 4 nitrogen and oxygen atoms in total. The molecule has 0 aliphatic carbocycles. The Morgan fingerprint density at radius 1 is 1.19 bits per heavy atom. The average molecular weight is 389 g/mol. The zero-order valence-electron chi connectivity index (χ0n) is 15.0. The normalized spacial score (nSPS) is 17.0. The fraction of sp³-hybridized carbons (Fsp3) is 0.333. The molecule has 0 spiro atoms. The number of carbonyl (C=O) groups excluding carboxylic acids is 2. The van der Waals surface area contributed by atoms with Crippen LogP contribution >= 0.6 is 11.6 Å². The molecule has 1 atom stereocenters. The molecule has 1 fully saturated rings. The Labute approximate surface area is 163 Å². The summed E-state index contributed by atoms with van der Waals surface area (Å²) >= 11 is 5.97. The van der Waals surface area contributed by atoms with Crippen LogP contribution < -0.4 is 5.32 Å². The summed E-state index contributed by atoms with van der Waals surface area (Å²) in [5.41, 5.74) is 1.79. The van der Waals surface area contributed by atoms with Crippen LogP contribution in [0.5, 0.6) is 0 Å². The largest absolute Gasteiger partial charge is 0.355 e. The molecule has 2 amide bonds. The molecule has 27 heavy (non-hydrogen) atoms. The molecular weight excluding hydrogens is 367 g/mol. The van der Waals surface area contributed by atoms with Gasteiger partial charge in [-0.2, -0.15) is 0 Å². The molecule has 1 N–H and O–H groups in total. The molecule has 1 saturated heterocycles. The third-order valence-electron chi connectivity index (χ3n) is 4.74. The summed E-state index contributed by atoms with van der Waals surface area (Å²) in [6.45, 7) is 1.20. The highest BCUT2D eigenvalue weighted by Crippen LogP contribution is 2.20. The van der Waals surface area contributed by atoms with Crippen molar-refractivity contribution in [1.82, 2.24) is 10.2 Å². The molecule has 0 bridgehead atoms. The fourth-order valence-corrected chi connectivity index (χ4v) is 3.52. The second-order valence-corrected chi connectivity index (χ2v) is 7.25. The minimum absolute atomic E-state index is 0.00207. The average Bonchev–Trinajstić information content (AvgIpc) is 2.63. The van der Waals surface area contributed by atoms with Gasteiger partial charge in [-0.3, -0.25) is 9.59 Å². The van der Waals surface area contributed by atoms with E-state index >= 15 is 0 Å². The van der Waals surface area contributed by atoms with E-state index < -0.39 is 0 Å². The third-order valence-corrected chi connectivity index (χ3v) is 4.97. The monoisotopic (exact) mass is 388 g/mol. The van der Waals surface area contributed by atoms with Crippen LogP contribution in [-0.4, -0.2) is 29.8 Å². The number of hydrogen-bond donors (Lipinski definition) is 1. The van der Waals surface area contributed by atoms with Crippen LogP contribution in [-0.2, 0) is 22.6 Å². The van der Waals surface area contributed by atoms with E-state index in [-0.39, 0.29) is 23.5 Å². The summed E-state index contributed by atoms with van der Waals surface area (Å²) < 4.78 is 13.4. The van der Waals surface area contributed by atoms with E-state index in [4.69, 9.17) is 11.6 Å². The van der Waals surface area contributed by atoms with Crippen LogP contribution in [0.15, 0.2) is 48.5 Å². The molecule has 2 aromatic rings. The number of benzene rings is 2. The Morgan fingerprint density at radius 2 is 1.96 bits per heavy atom. The van der Waals surface area contributed by atoms with E-state index in [1.165, 1.54) is 12.1 Å². The summed E-state index contributed by atoms with van der Waals surface area (Å²) in [5.74, 6) is -0.612. The summed E-state index contributed by atoms with van der Waals surface area (Å²) in [6.07, 6.45) is 1.58. The second-order valence-electron chi connectivity index (χ2n) is 6.81. The number of piperidine rings is 1. The molecule has 2 aromatic carbocycles. The van der Waals surface area contributed by atoms with E-state index in [0.717, 1.165) is 11.1 Å². The van der Waals surface area contributed by atoms with Gasteiger partial charge in [-0.25, -0.2) is 4.39 Å². The first-order valence-electron chi connectivity index (χ1n) is 9.05. The summed E-state index contributed by atoms with van der Waals surface area (Å²) in [6, 6.07) is 13.8. The van der Waals surface area contributed by atoms with Crippen molar-refractivity contribution in [3.63, 3.8) is 0 Å². The molecule has 0 saturated carbocycles. The zero-order valence-corrected chi connectivity index (χ0v) is 15.7. The first-order chi connectivity index (χ1) is 13.0. The van der Waals surface area contributed by atoms with E-state index in [2.05, 4.69) is 5.32 Å². The van der Waals surface area contributed by atoms with Crippen molar-refractivity contribution in [2.45, 2.75) is 25.8 Å². The number of nitrogens with zero attached hydrogens (tertiary/aromatic N) is 1. The maximum absolute atomic E-state index is 13.4. The molecule has 1 aliphatic heterocycles. The molecule has 3 rings (SSSR count). The van der Waals surface area contributed by atoms with Gasteiger partial charge in [0.15, 0.2) is 0 Å². The number of amides is 2. The van der Waals surface area contributed by atoms with Crippen molar-refractivity contribution in [3.05, 3.63) is 70.5 Å². The van der Waals surface area contributed by atoms with Gasteiger partial charge in [0.1, 0.15) is 5.82 Å². The lowest BCUT2D eigenvalue weighted by atomic mass is 9.96. The first kappa shape index (κ1) is 19.4. The summed E-state index contributed by atoms with van der Waals surface area (Å²) in [5, 5.41) is 3.63. The van der Waals surface area contributed by atoms with E-state index in [0.29, 0.717) is 43.9 Å². The molecule has 0 aromatic heterocycles. The SMILES string of the molecule is O=C(NCCc1cccc(Cl)c1)C1CCC(=O)N(Cc2cccc(F)c2)C1. The Balaban J connectivity index is 1.51. The lowest BCUT2D eigenvalue weighted by Crippen LogP contribution is -2.45. The quantitative estimate of drug-likeness (QED) is 0.822. The van der Waals surface area contributed by atoms with Crippen LogP contribution in [0.2, 0.25) is 5.02 Å². The minimum atomic E-state index is -0.327. The van der Waals surface area contributed by atoms with Gasteiger partial charge < -0.3 is 10.2 Å². The second kappa shape index (κ2) is 9.00. The van der Waals surface area contributed by atoms with Crippen LogP contribution in [0.3, 0.4) is 0 Å². The number of halogens is 2. The topological polar surface area (TPSA) is 49.4 Å². The van der Waals surface area contributed by atoms with Crippen molar-refractivity contribution < 1.29 is 14.0 Å². The Morgan fingerprint density at radius 3 is 2.74 bits per heavy atom. The Bertz CT molecular complexity index is 827. The Hall–Kier alpha value is -2.40. The van der Waals surface area contributed by atoms with Crippen molar-refractivity contribution in [1.29, 1.82) is 0 Å². The minimum Gasteiger partial charge on any atom is -0.355 e. The molecule has 1 aliphatic rings. The molecule has 1 unspecified atom stereocenters. The van der Waals surface area contributed by atoms with Crippen LogP contribution in [0.4, 0.5) is 4.39 Å². The molecule has 6 heteroatoms. The Kier molecular flexibility index (Phi) is 6.45. The molecule has 142 valence electrons. The highest BCUT2D eigenvalue weighted by Gasteiger charge is 2.30. The maximum atomic E-state index is 13.4. The van der Waals surface area contributed by atoms with E-state index in [9.17, 15) is 14.0 Å². The highest BCUT2D eigenvalue weighted by molar-refractivity contribution is 6.30. The van der Waals surface area contributed by atoms with Gasteiger partial charge in [-0.15, -0.1) is 0 Å². The van der Waals surface area contributed by atoms with Crippen LogP contribution in [0.1, 0.15) is 24.0 Å². The van der Waals surface area contributed by atoms with Crippen LogP contribution in [0, 0.1) is 11.7 Å². The molecular formula is C21H22ClFN2O2. The summed E-state index contributed by atoms with van der Waals surface area (Å²) in [7, 11) is 0. The number of rotatable bonds is 6. The molecule has 1 heterocycles. The number of hydrogen-bond acceptors (Lipinski definition) is 2. The molecule has 0 radical (unpaired) electrons. The zero-order chi connectivity index (χ0) is 19.2. The third kappa shape index (κ3) is 5.54. The van der Waals surface area contributed by atoms with Crippen LogP contribution in [0.25, 0.3) is 0 Å². The summed E-state index contributed by atoms with van der Waals surface area (Å²) in [4.78, 5) is 26.3. The predicted octanol–water partition coefficient (Wildman–Crippen LogP) is 3.58. The van der Waals surface area contributed by atoms with Gasteiger partial charge in [0.25, 0.3) is 0 Å². The standard InChI is InChI=1S/C21H22ClFN2O2/c22-18-5-1-3-15(11-18)9-10-24-21(27)17-7-8-20(26)25(14-17)13-16-4-2-6-19(23)12-16/h1-6,11-12,17H,7-10,13-14H2,(H,24,27). The van der Waals surface area contributed by atoms with Gasteiger partial charge >= 0.3 is 0 Å².